The van der Waals surface area contributed by atoms with Gasteiger partial charge in [-0.25, -0.2) is 19.2 Å². The molecule has 0 saturated heterocycles. The van der Waals surface area contributed by atoms with Gasteiger partial charge in [0.25, 0.3) is 0 Å². The first-order valence-corrected chi connectivity index (χ1v) is 13.7. The molecule has 0 heterocycles. The Balaban J connectivity index is 5.05. The molecule has 0 spiro atoms. The predicted octanol–water partition coefficient (Wildman–Crippen LogP) is 4.58. The topological polar surface area (TPSA) is 130 Å². The Labute approximate surface area is 239 Å². The molecule has 40 heavy (non-hydrogen) atoms. The van der Waals surface area contributed by atoms with Crippen molar-refractivity contribution in [1.82, 2.24) is 9.80 Å². The molecule has 12 nitrogen and oxygen atoms in total. The summed E-state index contributed by atoms with van der Waals surface area (Å²) in [5.41, 5.74) is -1.48. The van der Waals surface area contributed by atoms with Crippen LogP contribution in [0.15, 0.2) is 0 Å². The molecule has 0 fully saturated rings. The number of hydrogen-bond donors (Lipinski definition) is 0. The normalized spacial score (nSPS) is 13.4. The van der Waals surface area contributed by atoms with Gasteiger partial charge in [-0.3, -0.25) is 9.80 Å². The van der Waals surface area contributed by atoms with Crippen LogP contribution in [0.2, 0.25) is 0 Å². The van der Waals surface area contributed by atoms with Crippen LogP contribution in [0.4, 0.5) is 9.59 Å². The molecule has 0 aliphatic rings. The predicted molar refractivity (Wildman–Crippen MR) is 148 cm³/mol. The Hall–Kier alpha value is -2.60. The van der Waals surface area contributed by atoms with Crippen molar-refractivity contribution >= 4 is 24.1 Å². The molecule has 2 amide bonds. The van der Waals surface area contributed by atoms with Gasteiger partial charge in [0.1, 0.15) is 36.7 Å². The number of nitrogens with zero attached hydrogens (tertiary/aromatic N) is 2. The minimum absolute atomic E-state index is 0.0655. The van der Waals surface area contributed by atoms with Crippen LogP contribution in [-0.2, 0) is 38.0 Å². The van der Waals surface area contributed by atoms with Crippen LogP contribution < -0.4 is 0 Å². The summed E-state index contributed by atoms with van der Waals surface area (Å²) in [6.07, 6.45) is -0.516. The SMILES string of the molecule is COCN(C(=O)OC(C)(C)C)[C@H](C(=O)OCCCCOC(=O)[C@H](C(C)C)N(COC)C(=O)OC(C)(C)C)C(C)C. The average Bonchev–Trinajstić information content (AvgIpc) is 2.77. The zero-order valence-corrected chi connectivity index (χ0v) is 26.5. The van der Waals surface area contributed by atoms with E-state index in [9.17, 15) is 19.2 Å². The van der Waals surface area contributed by atoms with Crippen molar-refractivity contribution in [2.45, 2.75) is 105 Å². The third kappa shape index (κ3) is 14.2. The fourth-order valence-electron chi connectivity index (χ4n) is 3.65. The van der Waals surface area contributed by atoms with Gasteiger partial charge in [0.05, 0.1) is 13.2 Å². The Morgan fingerprint density at radius 2 is 0.900 bits per heavy atom. The largest absolute Gasteiger partial charge is 0.464 e. The molecular formula is C28H52N2O10. The first-order chi connectivity index (χ1) is 18.4. The van der Waals surface area contributed by atoms with Gasteiger partial charge in [-0.2, -0.15) is 0 Å². The summed E-state index contributed by atoms with van der Waals surface area (Å²) >= 11 is 0. The molecule has 0 aromatic carbocycles. The Morgan fingerprint density at radius 1 is 0.600 bits per heavy atom. The quantitative estimate of drug-likeness (QED) is 0.118. The molecule has 0 radical (unpaired) electrons. The van der Waals surface area contributed by atoms with Crippen LogP contribution in [0.1, 0.15) is 82.1 Å². The van der Waals surface area contributed by atoms with E-state index >= 15 is 0 Å². The first kappa shape index (κ1) is 37.4. The minimum Gasteiger partial charge on any atom is -0.464 e. The number of carbonyl (C=O) groups excluding carboxylic acids is 4. The van der Waals surface area contributed by atoms with Crippen molar-refractivity contribution in [2.75, 3.05) is 40.9 Å². The second-order valence-electron chi connectivity index (χ2n) is 12.2. The highest BCUT2D eigenvalue weighted by Gasteiger charge is 2.37. The Morgan fingerprint density at radius 3 is 1.12 bits per heavy atom. The zero-order chi connectivity index (χ0) is 31.3. The van der Waals surface area contributed by atoms with Crippen molar-refractivity contribution in [2.24, 2.45) is 11.8 Å². The standard InChI is InChI=1S/C28H52N2O10/c1-19(2)21(29(17-35-11)25(33)39-27(5,6)7)23(31)37-15-13-14-16-38-24(32)22(20(3)4)30(18-36-12)26(34)40-28(8,9)10/h19-22H,13-18H2,1-12H3/t21-,22-/m0/s1. The summed E-state index contributed by atoms with van der Waals surface area (Å²) in [5, 5.41) is 0. The highest BCUT2D eigenvalue weighted by atomic mass is 16.6. The van der Waals surface area contributed by atoms with Crippen LogP contribution in [0, 0.1) is 11.8 Å². The summed E-state index contributed by atoms with van der Waals surface area (Å²) < 4.78 is 32.0. The van der Waals surface area contributed by atoms with Gasteiger partial charge in [-0.1, -0.05) is 27.7 Å². The second kappa shape index (κ2) is 17.3. The number of amides is 2. The lowest BCUT2D eigenvalue weighted by Crippen LogP contribution is -2.51. The zero-order valence-electron chi connectivity index (χ0n) is 26.5. The van der Waals surface area contributed by atoms with E-state index in [1.807, 2.05) is 0 Å². The van der Waals surface area contributed by atoms with Crippen LogP contribution >= 0.6 is 0 Å². The van der Waals surface area contributed by atoms with E-state index in [1.165, 1.54) is 24.0 Å². The number of unbranched alkanes of at least 4 members (excludes halogenated alkanes) is 1. The van der Waals surface area contributed by atoms with Gasteiger partial charge < -0.3 is 28.4 Å². The molecule has 0 unspecified atom stereocenters. The lowest BCUT2D eigenvalue weighted by Gasteiger charge is -2.33. The molecule has 2 atom stereocenters. The first-order valence-electron chi connectivity index (χ1n) is 13.7. The molecule has 0 aromatic rings. The van der Waals surface area contributed by atoms with Gasteiger partial charge in [-0.05, 0) is 66.2 Å². The van der Waals surface area contributed by atoms with Crippen molar-refractivity contribution in [1.29, 1.82) is 0 Å². The number of carbonyl (C=O) groups is 4. The van der Waals surface area contributed by atoms with E-state index in [4.69, 9.17) is 28.4 Å². The number of rotatable bonds is 15. The van der Waals surface area contributed by atoms with Crippen LogP contribution in [0.25, 0.3) is 0 Å². The number of hydrogen-bond acceptors (Lipinski definition) is 10. The summed E-state index contributed by atoms with van der Waals surface area (Å²) in [4.78, 5) is 53.6. The van der Waals surface area contributed by atoms with E-state index in [1.54, 1.807) is 69.2 Å². The molecule has 0 aliphatic carbocycles. The Bertz CT molecular complexity index is 736. The smallest absolute Gasteiger partial charge is 0.412 e. The van der Waals surface area contributed by atoms with Crippen molar-refractivity contribution < 1.29 is 47.6 Å². The maximum absolute atomic E-state index is 12.9. The molecule has 0 aliphatic heterocycles. The van der Waals surface area contributed by atoms with Crippen molar-refractivity contribution in [3.05, 3.63) is 0 Å². The third-order valence-corrected chi connectivity index (χ3v) is 5.24. The Kier molecular flexibility index (Phi) is 16.1. The lowest BCUT2D eigenvalue weighted by molar-refractivity contribution is -0.156. The summed E-state index contributed by atoms with van der Waals surface area (Å²) in [6, 6.07) is -1.81. The van der Waals surface area contributed by atoms with E-state index in [0.29, 0.717) is 12.8 Å². The highest BCUT2D eigenvalue weighted by molar-refractivity contribution is 5.82. The molecule has 0 saturated carbocycles. The number of methoxy groups -OCH3 is 2. The molecule has 234 valence electrons. The molecule has 0 rings (SSSR count). The second-order valence-corrected chi connectivity index (χ2v) is 12.2. The fraction of sp³-hybridized carbons (Fsp3) is 0.857. The third-order valence-electron chi connectivity index (χ3n) is 5.24. The van der Waals surface area contributed by atoms with E-state index in [2.05, 4.69) is 0 Å². The minimum atomic E-state index is -0.904. The van der Waals surface area contributed by atoms with Gasteiger partial charge in [0, 0.05) is 14.2 Å². The van der Waals surface area contributed by atoms with Gasteiger partial charge in [-0.15, -0.1) is 0 Å². The summed E-state index contributed by atoms with van der Waals surface area (Å²) in [5.74, 6) is -1.68. The van der Waals surface area contributed by atoms with E-state index in [-0.39, 0.29) is 38.5 Å². The van der Waals surface area contributed by atoms with E-state index < -0.39 is 47.4 Å². The molecule has 12 heteroatoms. The molecule has 0 bridgehead atoms. The molecule has 0 aromatic heterocycles. The van der Waals surface area contributed by atoms with Crippen LogP contribution in [0.3, 0.4) is 0 Å². The van der Waals surface area contributed by atoms with Gasteiger partial charge >= 0.3 is 24.1 Å². The van der Waals surface area contributed by atoms with Gasteiger partial charge in [0.15, 0.2) is 0 Å². The van der Waals surface area contributed by atoms with Crippen molar-refractivity contribution in [3.8, 4) is 0 Å². The maximum atomic E-state index is 12.9. The average molecular weight is 577 g/mol. The van der Waals surface area contributed by atoms with Crippen LogP contribution in [0.5, 0.6) is 0 Å². The highest BCUT2D eigenvalue weighted by Crippen LogP contribution is 2.20. The summed E-state index contributed by atoms with van der Waals surface area (Å²) in [7, 11) is 2.85. The monoisotopic (exact) mass is 576 g/mol. The fourth-order valence-corrected chi connectivity index (χ4v) is 3.65. The van der Waals surface area contributed by atoms with Crippen molar-refractivity contribution in [3.63, 3.8) is 0 Å². The number of ether oxygens (including phenoxy) is 6. The molecular weight excluding hydrogens is 524 g/mol. The number of esters is 2. The maximum Gasteiger partial charge on any atom is 0.412 e. The summed E-state index contributed by atoms with van der Waals surface area (Å²) in [6.45, 7) is 17.5. The molecule has 0 N–H and O–H groups in total. The van der Waals surface area contributed by atoms with Crippen LogP contribution in [-0.4, -0.2) is 98.1 Å². The van der Waals surface area contributed by atoms with E-state index in [0.717, 1.165) is 0 Å². The lowest BCUT2D eigenvalue weighted by atomic mass is 10.0. The van der Waals surface area contributed by atoms with Gasteiger partial charge in [0.2, 0.25) is 0 Å².